The predicted molar refractivity (Wildman–Crippen MR) is 417 cm³/mol. The second-order valence-corrected chi connectivity index (χ2v) is 29.0. The quantitative estimate of drug-likeness (QED) is 0.0300. The summed E-state index contributed by atoms with van der Waals surface area (Å²) < 4.78 is 19.0. The van der Waals surface area contributed by atoms with Gasteiger partial charge in [0, 0.05) is 39.3 Å². The van der Waals surface area contributed by atoms with Crippen molar-refractivity contribution in [2.45, 2.75) is 116 Å². The number of hydrogen-bond donors (Lipinski definition) is 4. The van der Waals surface area contributed by atoms with Crippen LogP contribution in [-0.2, 0) is 52.9 Å². The van der Waals surface area contributed by atoms with E-state index in [1.54, 1.807) is 51.2 Å². The maximum absolute atomic E-state index is 13.4. The topological polar surface area (TPSA) is 221 Å². The van der Waals surface area contributed by atoms with Gasteiger partial charge in [-0.1, -0.05) is 175 Å². The normalized spacial score (nSPS) is 11.4. The Hall–Kier alpha value is -10.9. The van der Waals surface area contributed by atoms with E-state index in [4.69, 9.17) is 24.2 Å². The molecule has 19 heteroatoms. The third kappa shape index (κ3) is 22.3. The van der Waals surface area contributed by atoms with Crippen molar-refractivity contribution < 1.29 is 48.7 Å². The minimum Gasteiger partial charge on any atom is -0.478 e. The fraction of sp³-hybridized carbons (Fsp3) is 0.282. The molecule has 9 aromatic carbocycles. The maximum Gasteiger partial charge on any atom is 0.347 e. The van der Waals surface area contributed by atoms with Crippen molar-refractivity contribution in [3.63, 3.8) is 0 Å². The minimum absolute atomic E-state index is 0.0354. The number of carbonyl (C=O) groups is 4. The van der Waals surface area contributed by atoms with E-state index in [0.29, 0.717) is 35.3 Å². The number of hydrogen-bond acceptors (Lipinski definition) is 14. The van der Waals surface area contributed by atoms with Gasteiger partial charge in [0.15, 0.2) is 26.9 Å². The van der Waals surface area contributed by atoms with Crippen molar-refractivity contribution in [1.82, 2.24) is 24.8 Å². The molecule has 4 N–H and O–H groups in total. The van der Waals surface area contributed by atoms with Crippen LogP contribution in [0.25, 0.3) is 31.5 Å². The van der Waals surface area contributed by atoms with Gasteiger partial charge in [0.05, 0.1) is 31.5 Å². The Morgan fingerprint density at radius 1 is 0.365 bits per heavy atom. The smallest absolute Gasteiger partial charge is 0.347 e. The van der Waals surface area contributed by atoms with Gasteiger partial charge in [-0.3, -0.25) is 4.79 Å². The van der Waals surface area contributed by atoms with Gasteiger partial charge < -0.3 is 49.2 Å². The molecule has 12 rings (SSSR count). The lowest BCUT2D eigenvalue weighted by molar-refractivity contribution is -0.152. The zero-order valence-electron chi connectivity index (χ0n) is 59.8. The molecule has 0 unspecified atom stereocenters. The first-order valence-corrected chi connectivity index (χ1v) is 36.9. The van der Waals surface area contributed by atoms with Gasteiger partial charge in [-0.05, 0) is 206 Å². The molecule has 0 saturated heterocycles. The van der Waals surface area contributed by atoms with E-state index in [9.17, 15) is 34.5 Å². The van der Waals surface area contributed by atoms with Crippen LogP contribution in [0.3, 0.4) is 0 Å². The summed E-state index contributed by atoms with van der Waals surface area (Å²) in [6.07, 6.45) is 8.08. The number of ether oxygens (including phenoxy) is 3. The molecule has 0 radical (unpaired) electrons. The third-order valence-electron chi connectivity index (χ3n) is 17.6. The van der Waals surface area contributed by atoms with Gasteiger partial charge in [-0.15, -0.1) is 11.3 Å². The lowest BCUT2D eigenvalue weighted by atomic mass is 10.1. The SMILES string of the molecule is CC(C)(Oc1ccc(CCCN(CCc2ccccc2)C(=O)c2nc3ccccc3s2)cc1)C(=O)O.CC(C)(Oc1ccc(CCCN(CCc2ccccc2)c2nc3ccccc3[nH]2)cc1)C(=O)O.CC(C)(Oc1ccc(CCCN(CCc2ccccc2)c2nc3ccccc3s2)cc1)C(=O)O. The number of aliphatic carboxylic acids is 3. The summed E-state index contributed by atoms with van der Waals surface area (Å²) in [5.74, 6) is -0.483. The summed E-state index contributed by atoms with van der Waals surface area (Å²) in [6, 6.07) is 78.3. The lowest BCUT2D eigenvalue weighted by Gasteiger charge is -2.22. The number of imidazole rings is 1. The van der Waals surface area contributed by atoms with Gasteiger partial charge in [0.2, 0.25) is 5.95 Å². The van der Waals surface area contributed by atoms with Crippen LogP contribution in [0.2, 0.25) is 0 Å². The Morgan fingerprint density at radius 2 is 0.721 bits per heavy atom. The Labute approximate surface area is 616 Å². The van der Waals surface area contributed by atoms with E-state index in [1.807, 2.05) is 144 Å². The van der Waals surface area contributed by atoms with Crippen LogP contribution < -0.4 is 24.0 Å². The van der Waals surface area contributed by atoms with Crippen molar-refractivity contribution in [3.8, 4) is 17.2 Å². The van der Waals surface area contributed by atoms with E-state index < -0.39 is 34.7 Å². The molecule has 3 aromatic heterocycles. The number of para-hydroxylation sites is 4. The highest BCUT2D eigenvalue weighted by Crippen LogP contribution is 2.31. The van der Waals surface area contributed by atoms with Crippen molar-refractivity contribution in [1.29, 1.82) is 0 Å². The molecule has 0 fully saturated rings. The first-order valence-electron chi connectivity index (χ1n) is 35.2. The molecule has 1 amide bonds. The van der Waals surface area contributed by atoms with E-state index >= 15 is 0 Å². The number of anilines is 2. The highest BCUT2D eigenvalue weighted by molar-refractivity contribution is 7.22. The number of nitrogens with one attached hydrogen (secondary N) is 1. The Morgan fingerprint density at radius 3 is 1.14 bits per heavy atom. The van der Waals surface area contributed by atoms with Crippen molar-refractivity contribution in [3.05, 3.63) is 275 Å². The molecule has 0 spiro atoms. The lowest BCUT2D eigenvalue weighted by Crippen LogP contribution is -2.37. The van der Waals surface area contributed by atoms with E-state index in [0.717, 1.165) is 127 Å². The number of benzene rings is 9. The summed E-state index contributed by atoms with van der Waals surface area (Å²) in [5.41, 5.74) is 7.44. The molecule has 3 heterocycles. The number of fused-ring (bicyclic) bond motifs is 3. The van der Waals surface area contributed by atoms with Gasteiger partial charge in [-0.25, -0.2) is 29.3 Å². The fourth-order valence-electron chi connectivity index (χ4n) is 11.5. The first-order chi connectivity index (χ1) is 50.1. The first kappa shape index (κ1) is 75.8. The van der Waals surface area contributed by atoms with Gasteiger partial charge >= 0.3 is 17.9 Å². The molecule has 538 valence electrons. The molecule has 104 heavy (non-hydrogen) atoms. The second-order valence-electron chi connectivity index (χ2n) is 27.0. The molecule has 0 aliphatic carbocycles. The molecule has 17 nitrogen and oxygen atoms in total. The van der Waals surface area contributed by atoms with Crippen molar-refractivity contribution >= 4 is 89.0 Å². The molecule has 0 atom stereocenters. The van der Waals surface area contributed by atoms with Crippen LogP contribution in [0, 0.1) is 0 Å². The maximum atomic E-state index is 13.4. The highest BCUT2D eigenvalue weighted by atomic mass is 32.1. The summed E-state index contributed by atoms with van der Waals surface area (Å²) >= 11 is 3.18. The van der Waals surface area contributed by atoms with Crippen molar-refractivity contribution in [2.75, 3.05) is 49.1 Å². The number of carboxylic acids is 3. The summed E-state index contributed by atoms with van der Waals surface area (Å²) in [6.45, 7) is 14.1. The predicted octanol–water partition coefficient (Wildman–Crippen LogP) is 17.6. The van der Waals surface area contributed by atoms with Gasteiger partial charge in [0.1, 0.15) is 17.2 Å². The zero-order valence-corrected chi connectivity index (χ0v) is 61.5. The number of H-pyrrole nitrogens is 1. The summed E-state index contributed by atoms with van der Waals surface area (Å²) in [4.78, 5) is 71.6. The average molecular weight is 1430 g/mol. The molecule has 0 aliphatic heterocycles. The Bertz CT molecular complexity index is 4410. The molecular formula is C85H91N7O10S2. The number of carbonyl (C=O) groups excluding carboxylic acids is 1. The number of rotatable bonds is 33. The van der Waals surface area contributed by atoms with Crippen LogP contribution >= 0.6 is 22.7 Å². The number of aryl methyl sites for hydroxylation is 3. The van der Waals surface area contributed by atoms with Gasteiger partial charge in [0.25, 0.3) is 5.91 Å². The van der Waals surface area contributed by atoms with Crippen LogP contribution in [0.5, 0.6) is 17.2 Å². The molecule has 0 aliphatic rings. The largest absolute Gasteiger partial charge is 0.478 e. The fourth-order valence-corrected chi connectivity index (χ4v) is 13.4. The highest BCUT2D eigenvalue weighted by Gasteiger charge is 2.31. The summed E-state index contributed by atoms with van der Waals surface area (Å²) in [5, 5.41) is 29.3. The van der Waals surface area contributed by atoms with Crippen LogP contribution in [-0.4, -0.2) is 120 Å². The van der Waals surface area contributed by atoms with E-state index in [1.165, 1.54) is 57.7 Å². The minimum atomic E-state index is -1.29. The number of nitrogens with zero attached hydrogens (tertiary/aromatic N) is 6. The molecule has 12 aromatic rings. The second kappa shape index (κ2) is 36.3. The van der Waals surface area contributed by atoms with Crippen LogP contribution in [0.4, 0.5) is 11.1 Å². The standard InChI is InChI=1S/C29H30N2O4S.C28H31N3O3.C28H30N2O3S/c1-29(2,28(33)34)35-23-16-14-22(15-17-23)11-8-19-31(20-18-21-9-4-3-5-10-21)27(32)26-30-24-12-6-7-13-25(24)36-26;1-28(2,26(32)33)34-23-16-14-22(15-17-23)11-8-19-31(20-18-21-9-4-3-5-10-21)27-29-24-12-6-7-13-25(24)30-27;1-28(2,26(31)32)33-23-16-14-22(15-17-23)11-8-19-30(20-18-21-9-4-3-5-10-21)27-29-24-12-6-7-13-25(24)34-27/h3-7,9-10,12-17H,8,11,18-20H2,1-2H3,(H,33,34);3-7,9-10,12-17H,8,11,18-20H2,1-2H3,(H,29,30)(H,32,33);3-7,9-10,12-17H,8,11,18-20H2,1-2H3,(H,31,32). The number of carboxylic acid groups (broad SMARTS) is 3. The number of amides is 1. The van der Waals surface area contributed by atoms with E-state index in [2.05, 4.69) is 105 Å². The molecule has 0 bridgehead atoms. The Kier molecular flexibility index (Phi) is 26.5. The molecular weight excluding hydrogens is 1340 g/mol. The summed E-state index contributed by atoms with van der Waals surface area (Å²) in [7, 11) is 0. The molecule has 0 saturated carbocycles. The zero-order chi connectivity index (χ0) is 73.5. The Balaban J connectivity index is 0.000000168. The van der Waals surface area contributed by atoms with Crippen LogP contribution in [0.1, 0.15) is 104 Å². The third-order valence-corrected chi connectivity index (χ3v) is 19.8. The number of aromatic nitrogens is 4. The van der Waals surface area contributed by atoms with E-state index in [-0.39, 0.29) is 5.91 Å². The van der Waals surface area contributed by atoms with Crippen LogP contribution in [0.15, 0.2) is 237 Å². The monoisotopic (exact) mass is 1430 g/mol. The number of aromatic amines is 1. The number of thiazole rings is 2. The van der Waals surface area contributed by atoms with Gasteiger partial charge in [-0.2, -0.15) is 0 Å². The van der Waals surface area contributed by atoms with Crippen molar-refractivity contribution in [2.24, 2.45) is 0 Å². The average Bonchev–Trinajstić information content (AvgIpc) is 1.70.